The van der Waals surface area contributed by atoms with E-state index in [9.17, 15) is 27.2 Å². The number of benzene rings is 2. The molecule has 0 heterocycles. The first-order valence-corrected chi connectivity index (χ1v) is 7.97. The lowest BCUT2D eigenvalue weighted by Crippen LogP contribution is -2.43. The van der Waals surface area contributed by atoms with Gasteiger partial charge in [0.2, 0.25) is 5.91 Å². The molecule has 0 aliphatic heterocycles. The van der Waals surface area contributed by atoms with Crippen LogP contribution in [0, 0.1) is 5.82 Å². The molecule has 0 radical (unpaired) electrons. The molecule has 0 saturated heterocycles. The molecule has 27 heavy (non-hydrogen) atoms. The number of amides is 1. The van der Waals surface area contributed by atoms with Gasteiger partial charge in [-0.3, -0.25) is 4.79 Å². The van der Waals surface area contributed by atoms with Crippen molar-refractivity contribution in [3.05, 3.63) is 71.0 Å². The van der Waals surface area contributed by atoms with Crippen molar-refractivity contribution in [2.75, 3.05) is 7.11 Å². The Bertz CT molecular complexity index is 803. The molecule has 0 saturated carbocycles. The highest BCUT2D eigenvalue weighted by Crippen LogP contribution is 2.29. The monoisotopic (exact) mass is 383 g/mol. The molecular weight excluding hydrogens is 366 g/mol. The van der Waals surface area contributed by atoms with Crippen LogP contribution in [0.25, 0.3) is 0 Å². The van der Waals surface area contributed by atoms with E-state index in [1.807, 2.05) is 0 Å². The lowest BCUT2D eigenvalue weighted by molar-refractivity contribution is -0.145. The highest BCUT2D eigenvalue weighted by atomic mass is 19.4. The van der Waals surface area contributed by atoms with E-state index >= 15 is 0 Å². The van der Waals surface area contributed by atoms with E-state index < -0.39 is 35.5 Å². The van der Waals surface area contributed by atoms with Gasteiger partial charge in [-0.2, -0.15) is 13.2 Å². The van der Waals surface area contributed by atoms with Crippen LogP contribution in [0.3, 0.4) is 0 Å². The molecule has 0 aliphatic rings. The highest BCUT2D eigenvalue weighted by molar-refractivity contribution is 5.85. The van der Waals surface area contributed by atoms with E-state index in [0.717, 1.165) is 19.2 Å². The Hall–Kier alpha value is -2.90. The predicted molar refractivity (Wildman–Crippen MR) is 89.2 cm³/mol. The summed E-state index contributed by atoms with van der Waals surface area (Å²) in [7, 11) is 1.12. The van der Waals surface area contributed by atoms with Crippen molar-refractivity contribution >= 4 is 11.9 Å². The summed E-state index contributed by atoms with van der Waals surface area (Å²) in [6.45, 7) is 0. The van der Waals surface area contributed by atoms with Crippen LogP contribution in [-0.2, 0) is 33.3 Å². The van der Waals surface area contributed by atoms with E-state index in [1.54, 1.807) is 0 Å². The van der Waals surface area contributed by atoms with Crippen molar-refractivity contribution in [2.45, 2.75) is 25.1 Å². The summed E-state index contributed by atoms with van der Waals surface area (Å²) in [4.78, 5) is 24.1. The minimum Gasteiger partial charge on any atom is -0.467 e. The van der Waals surface area contributed by atoms with E-state index in [1.165, 1.54) is 36.4 Å². The normalized spacial score (nSPS) is 12.3. The molecule has 1 amide bonds. The maximum Gasteiger partial charge on any atom is 0.416 e. The van der Waals surface area contributed by atoms with Gasteiger partial charge in [0.05, 0.1) is 19.1 Å². The minimum atomic E-state index is -4.51. The number of halogens is 4. The van der Waals surface area contributed by atoms with Gasteiger partial charge in [0.15, 0.2) is 0 Å². The van der Waals surface area contributed by atoms with Gasteiger partial charge in [-0.05, 0) is 29.3 Å². The van der Waals surface area contributed by atoms with Gasteiger partial charge in [0.1, 0.15) is 11.9 Å². The van der Waals surface area contributed by atoms with E-state index in [0.29, 0.717) is 5.56 Å². The average Bonchev–Trinajstić information content (AvgIpc) is 2.62. The SMILES string of the molecule is COC(=O)[C@H](Cc1cccc(C(F)(F)F)c1)NC(=O)Cc1ccc(F)cc1. The highest BCUT2D eigenvalue weighted by Gasteiger charge is 2.31. The summed E-state index contributed by atoms with van der Waals surface area (Å²) in [5.41, 5.74) is -0.0971. The Morgan fingerprint density at radius 2 is 1.74 bits per heavy atom. The lowest BCUT2D eigenvalue weighted by Gasteiger charge is -2.17. The average molecular weight is 383 g/mol. The number of rotatable bonds is 6. The molecule has 1 atom stereocenters. The van der Waals surface area contributed by atoms with Crippen molar-refractivity contribution in [1.29, 1.82) is 0 Å². The fourth-order valence-electron chi connectivity index (χ4n) is 2.48. The topological polar surface area (TPSA) is 55.4 Å². The number of methoxy groups -OCH3 is 1. The number of carbonyl (C=O) groups excluding carboxylic acids is 2. The van der Waals surface area contributed by atoms with Crippen molar-refractivity contribution < 1.29 is 31.9 Å². The molecule has 2 rings (SSSR count). The van der Waals surface area contributed by atoms with Gasteiger partial charge >= 0.3 is 12.1 Å². The zero-order chi connectivity index (χ0) is 20.0. The lowest BCUT2D eigenvalue weighted by atomic mass is 10.0. The number of alkyl halides is 3. The van der Waals surface area contributed by atoms with Gasteiger partial charge in [-0.1, -0.05) is 30.3 Å². The molecule has 0 fully saturated rings. The van der Waals surface area contributed by atoms with Gasteiger partial charge in [0, 0.05) is 6.42 Å². The molecular formula is C19H17F4NO3. The molecule has 4 nitrogen and oxygen atoms in total. The number of hydrogen-bond donors (Lipinski definition) is 1. The van der Waals surface area contributed by atoms with Crippen molar-refractivity contribution in [2.24, 2.45) is 0 Å². The third-order valence-electron chi connectivity index (χ3n) is 3.79. The molecule has 1 N–H and O–H groups in total. The zero-order valence-corrected chi connectivity index (χ0v) is 14.3. The second kappa shape index (κ2) is 8.66. The summed E-state index contributed by atoms with van der Waals surface area (Å²) in [6, 6.07) is 8.60. The smallest absolute Gasteiger partial charge is 0.416 e. The van der Waals surface area contributed by atoms with Crippen LogP contribution in [0.1, 0.15) is 16.7 Å². The fraction of sp³-hybridized carbons (Fsp3) is 0.263. The first-order chi connectivity index (χ1) is 12.7. The molecule has 0 unspecified atom stereocenters. The zero-order valence-electron chi connectivity index (χ0n) is 14.3. The number of nitrogens with one attached hydrogen (secondary N) is 1. The van der Waals surface area contributed by atoms with Crippen LogP contribution in [-0.4, -0.2) is 25.0 Å². The molecule has 2 aromatic carbocycles. The Kier molecular flexibility index (Phi) is 6.55. The number of carbonyl (C=O) groups is 2. The molecule has 2 aromatic rings. The van der Waals surface area contributed by atoms with Crippen molar-refractivity contribution in [1.82, 2.24) is 5.32 Å². The maximum absolute atomic E-state index is 12.9. The Morgan fingerprint density at radius 3 is 2.33 bits per heavy atom. The van der Waals surface area contributed by atoms with Crippen LogP contribution >= 0.6 is 0 Å². The van der Waals surface area contributed by atoms with Crippen LogP contribution in [0.4, 0.5) is 17.6 Å². The maximum atomic E-state index is 12.9. The summed E-state index contributed by atoms with van der Waals surface area (Å²) < 4.78 is 56.0. The molecule has 0 spiro atoms. The summed E-state index contributed by atoms with van der Waals surface area (Å²) >= 11 is 0. The molecule has 144 valence electrons. The molecule has 0 aromatic heterocycles. The Balaban J connectivity index is 2.10. The Labute approximate surface area is 153 Å². The van der Waals surface area contributed by atoms with Gasteiger partial charge in [-0.25, -0.2) is 9.18 Å². The van der Waals surface area contributed by atoms with Gasteiger partial charge < -0.3 is 10.1 Å². The molecule has 0 aliphatic carbocycles. The number of esters is 1. The van der Waals surface area contributed by atoms with Gasteiger partial charge in [0.25, 0.3) is 0 Å². The fourth-order valence-corrected chi connectivity index (χ4v) is 2.48. The van der Waals surface area contributed by atoms with Crippen LogP contribution < -0.4 is 5.32 Å². The predicted octanol–water partition coefficient (Wildman–Crippen LogP) is 3.29. The summed E-state index contributed by atoms with van der Waals surface area (Å²) in [5, 5.41) is 2.45. The van der Waals surface area contributed by atoms with Crippen molar-refractivity contribution in [3.63, 3.8) is 0 Å². The largest absolute Gasteiger partial charge is 0.467 e. The van der Waals surface area contributed by atoms with E-state index in [-0.39, 0.29) is 18.4 Å². The number of ether oxygens (including phenoxy) is 1. The van der Waals surface area contributed by atoms with Crippen molar-refractivity contribution in [3.8, 4) is 0 Å². The third kappa shape index (κ3) is 6.09. The van der Waals surface area contributed by atoms with E-state index in [2.05, 4.69) is 10.1 Å². The third-order valence-corrected chi connectivity index (χ3v) is 3.79. The van der Waals surface area contributed by atoms with Crippen LogP contribution in [0.2, 0.25) is 0 Å². The molecule has 0 bridgehead atoms. The number of hydrogen-bond acceptors (Lipinski definition) is 3. The summed E-state index contributed by atoms with van der Waals surface area (Å²) in [5.74, 6) is -1.76. The van der Waals surface area contributed by atoms with Crippen LogP contribution in [0.5, 0.6) is 0 Å². The Morgan fingerprint density at radius 1 is 1.07 bits per heavy atom. The second-order valence-electron chi connectivity index (χ2n) is 5.85. The summed E-state index contributed by atoms with van der Waals surface area (Å²) in [6.07, 6.45) is -4.79. The quantitative estimate of drug-likeness (QED) is 0.615. The minimum absolute atomic E-state index is 0.115. The first-order valence-electron chi connectivity index (χ1n) is 7.97. The first kappa shape index (κ1) is 20.4. The van der Waals surface area contributed by atoms with E-state index in [4.69, 9.17) is 0 Å². The van der Waals surface area contributed by atoms with Gasteiger partial charge in [-0.15, -0.1) is 0 Å². The van der Waals surface area contributed by atoms with Crippen LogP contribution in [0.15, 0.2) is 48.5 Å². The second-order valence-corrected chi connectivity index (χ2v) is 5.85. The standard InChI is InChI=1S/C19H17F4NO3/c1-27-18(26)16(10-13-3-2-4-14(9-13)19(21,22)23)24-17(25)11-12-5-7-15(20)8-6-12/h2-9,16H,10-11H2,1H3,(H,24,25)/t16-/m0/s1. The molecule has 8 heteroatoms.